The number of aromatic nitrogens is 1. The largest absolute Gasteiger partial charge is 0.493 e. The van der Waals surface area contributed by atoms with Gasteiger partial charge in [0, 0.05) is 5.69 Å². The Balaban J connectivity index is 1.86. The third kappa shape index (κ3) is 6.26. The van der Waals surface area contributed by atoms with Gasteiger partial charge in [0.1, 0.15) is 10.5 Å². The number of thiazole rings is 1. The predicted molar refractivity (Wildman–Crippen MR) is 187 cm³/mol. The summed E-state index contributed by atoms with van der Waals surface area (Å²) in [6, 6.07) is 14.5. The Morgan fingerprint density at radius 1 is 0.837 bits per heavy atom. The Morgan fingerprint density at radius 2 is 1.35 bits per heavy atom. The summed E-state index contributed by atoms with van der Waals surface area (Å²) in [5.41, 5.74) is 9.72. The number of nitrogens with zero attached hydrogens (tertiary/aromatic N) is 2. The lowest BCUT2D eigenvalue weighted by Gasteiger charge is -2.26. The van der Waals surface area contributed by atoms with Crippen LogP contribution in [0.15, 0.2) is 52.8 Å². The maximum atomic E-state index is 14.5. The van der Waals surface area contributed by atoms with E-state index >= 15 is 0 Å². The summed E-state index contributed by atoms with van der Waals surface area (Å²) in [6.07, 6.45) is 1.63. The Hall–Kier alpha value is -5.87. The minimum atomic E-state index is -1.02. The average molecular weight is 685 g/mol. The minimum absolute atomic E-state index is 0.00779. The van der Waals surface area contributed by atoms with Crippen molar-refractivity contribution in [1.82, 2.24) is 4.57 Å². The number of allylic oxidation sites excluding steroid dienone is 1. The van der Waals surface area contributed by atoms with Gasteiger partial charge in [0.2, 0.25) is 11.5 Å². The van der Waals surface area contributed by atoms with E-state index in [0.717, 1.165) is 22.5 Å². The summed E-state index contributed by atoms with van der Waals surface area (Å²) in [4.78, 5) is 28.6. The lowest BCUT2D eigenvalue weighted by molar-refractivity contribution is -0.111. The van der Waals surface area contributed by atoms with Gasteiger partial charge in [0.25, 0.3) is 11.5 Å². The zero-order valence-electron chi connectivity index (χ0n) is 28.3. The van der Waals surface area contributed by atoms with Crippen LogP contribution in [0, 0.1) is 25.2 Å². The van der Waals surface area contributed by atoms with Crippen LogP contribution in [0.1, 0.15) is 28.2 Å². The van der Waals surface area contributed by atoms with Crippen LogP contribution in [-0.2, 0) is 4.79 Å². The molecule has 12 nitrogen and oxygen atoms in total. The number of benzene rings is 3. The Morgan fingerprint density at radius 3 is 1.82 bits per heavy atom. The van der Waals surface area contributed by atoms with E-state index in [4.69, 9.17) is 34.2 Å². The van der Waals surface area contributed by atoms with Crippen LogP contribution < -0.4 is 54.2 Å². The number of methoxy groups -OCH3 is 6. The highest BCUT2D eigenvalue weighted by molar-refractivity contribution is 7.07. The van der Waals surface area contributed by atoms with Crippen molar-refractivity contribution in [3.8, 4) is 40.6 Å². The van der Waals surface area contributed by atoms with Crippen molar-refractivity contribution in [2.45, 2.75) is 19.8 Å². The molecule has 0 fully saturated rings. The molecule has 49 heavy (non-hydrogen) atoms. The average Bonchev–Trinajstić information content (AvgIpc) is 3.41. The number of fused-ring (bicyclic) bond motifs is 1. The molecule has 4 aromatic rings. The van der Waals surface area contributed by atoms with Gasteiger partial charge in [-0.2, -0.15) is 5.26 Å². The molecule has 1 unspecified atom stereocenters. The third-order valence-corrected chi connectivity index (χ3v) is 9.11. The fraction of sp³-hybridized carbons (Fsp3) is 0.250. The number of aryl methyl sites for hydroxylation is 2. The number of rotatable bonds is 10. The van der Waals surface area contributed by atoms with Gasteiger partial charge in [0.05, 0.1) is 70.3 Å². The molecule has 1 amide bonds. The summed E-state index contributed by atoms with van der Waals surface area (Å²) in [5.74, 6) is 0.477. The highest BCUT2D eigenvalue weighted by Gasteiger charge is 2.37. The van der Waals surface area contributed by atoms with Crippen molar-refractivity contribution >= 4 is 40.4 Å². The SMILES string of the molecule is COc1cc(/C=c2\sc3n(c2=O)C(N)=C(C#N)C(c2cc(OC)c(OC)c(OC)c2)C=3C(=O)Nc2cc(C)cc(C)c2)cc(OC)c1OC. The van der Waals surface area contributed by atoms with Crippen LogP contribution in [-0.4, -0.2) is 53.1 Å². The number of carbonyl (C=O) groups excluding carboxylic acids is 1. The van der Waals surface area contributed by atoms with Gasteiger partial charge in [-0.05, 0) is 78.6 Å². The normalized spacial score (nSPS) is 14.1. The molecule has 0 bridgehead atoms. The van der Waals surface area contributed by atoms with E-state index in [2.05, 4.69) is 11.4 Å². The summed E-state index contributed by atoms with van der Waals surface area (Å²) in [7, 11) is 8.90. The standard InChI is InChI=1S/C36H36N4O8S/c1-18-9-19(2)11-22(10-18)39-34(41)30-29(21-15-26(45-5)32(48-8)27(16-21)46-6)23(17-37)33(38)40-35(42)28(49-36(30)40)14-20-12-24(43-3)31(47-7)25(13-20)44-4/h9-16,29H,38H2,1-8H3,(H,39,41)/b28-14-. The van der Waals surface area contributed by atoms with Gasteiger partial charge in [-0.1, -0.05) is 6.07 Å². The molecule has 0 aliphatic carbocycles. The van der Waals surface area contributed by atoms with Gasteiger partial charge >= 0.3 is 0 Å². The molecular weight excluding hydrogens is 648 g/mol. The summed E-state index contributed by atoms with van der Waals surface area (Å²) < 4.78 is 34.9. The summed E-state index contributed by atoms with van der Waals surface area (Å²) in [6.45, 7) is 3.85. The van der Waals surface area contributed by atoms with Crippen molar-refractivity contribution in [2.75, 3.05) is 48.0 Å². The minimum Gasteiger partial charge on any atom is -0.493 e. The van der Waals surface area contributed by atoms with Gasteiger partial charge in [-0.3, -0.25) is 14.2 Å². The molecule has 0 radical (unpaired) electrons. The fourth-order valence-electron chi connectivity index (χ4n) is 5.95. The smallest absolute Gasteiger partial charge is 0.274 e. The first-order valence-electron chi connectivity index (χ1n) is 14.9. The lowest BCUT2D eigenvalue weighted by atomic mass is 9.83. The third-order valence-electron chi connectivity index (χ3n) is 8.00. The Labute approximate surface area is 286 Å². The number of hydrogen-bond acceptors (Lipinski definition) is 11. The molecule has 5 rings (SSSR count). The second-order valence-corrected chi connectivity index (χ2v) is 12.1. The Bertz CT molecular complexity index is 2160. The number of amides is 1. The van der Waals surface area contributed by atoms with Gasteiger partial charge in [-0.15, -0.1) is 11.3 Å². The molecule has 0 spiro atoms. The van der Waals surface area contributed by atoms with Crippen molar-refractivity contribution in [1.29, 1.82) is 5.26 Å². The molecule has 1 aromatic heterocycles. The van der Waals surface area contributed by atoms with E-state index in [9.17, 15) is 14.9 Å². The van der Waals surface area contributed by atoms with E-state index in [1.54, 1.807) is 30.3 Å². The van der Waals surface area contributed by atoms with Crippen LogP contribution in [0.5, 0.6) is 34.5 Å². The molecular formula is C36H36N4O8S. The molecule has 13 heteroatoms. The van der Waals surface area contributed by atoms with Crippen molar-refractivity contribution in [3.05, 3.63) is 89.8 Å². The van der Waals surface area contributed by atoms with E-state index in [1.807, 2.05) is 32.0 Å². The number of nitriles is 1. The Kier molecular flexibility index (Phi) is 9.91. The first kappa shape index (κ1) is 34.5. The monoisotopic (exact) mass is 684 g/mol. The molecule has 254 valence electrons. The second kappa shape index (κ2) is 14.1. The van der Waals surface area contributed by atoms with Gasteiger partial charge in [-0.25, -0.2) is 0 Å². The van der Waals surface area contributed by atoms with E-state index < -0.39 is 17.4 Å². The molecule has 3 aromatic carbocycles. The number of nitrogens with one attached hydrogen (secondary N) is 1. The van der Waals surface area contributed by atoms with Crippen LogP contribution in [0.3, 0.4) is 0 Å². The van der Waals surface area contributed by atoms with Crippen LogP contribution >= 0.6 is 11.3 Å². The predicted octanol–water partition coefficient (Wildman–Crippen LogP) is 3.64. The number of hydrogen-bond donors (Lipinski definition) is 2. The maximum absolute atomic E-state index is 14.5. The number of anilines is 1. The lowest BCUT2D eigenvalue weighted by Crippen LogP contribution is -2.40. The first-order valence-corrected chi connectivity index (χ1v) is 15.7. The highest BCUT2D eigenvalue weighted by atomic mass is 32.1. The molecule has 1 aliphatic rings. The van der Waals surface area contributed by atoms with Crippen molar-refractivity contribution in [2.24, 2.45) is 5.73 Å². The first-order chi connectivity index (χ1) is 23.5. The number of nitrogens with two attached hydrogens (primary N) is 1. The zero-order valence-corrected chi connectivity index (χ0v) is 29.2. The topological polar surface area (TPSA) is 156 Å². The van der Waals surface area contributed by atoms with Gasteiger partial charge in [0.15, 0.2) is 23.0 Å². The maximum Gasteiger partial charge on any atom is 0.274 e. The van der Waals surface area contributed by atoms with Gasteiger partial charge < -0.3 is 39.5 Å². The van der Waals surface area contributed by atoms with Crippen molar-refractivity contribution < 1.29 is 33.2 Å². The molecule has 0 saturated heterocycles. The second-order valence-electron chi connectivity index (χ2n) is 11.1. The zero-order chi connectivity index (χ0) is 35.6. The molecule has 3 N–H and O–H groups in total. The molecule has 2 heterocycles. The number of ether oxygens (including phenoxy) is 6. The van der Waals surface area contributed by atoms with Crippen LogP contribution in [0.2, 0.25) is 0 Å². The summed E-state index contributed by atoms with van der Waals surface area (Å²) in [5, 5.41) is 13.5. The van der Waals surface area contributed by atoms with Crippen LogP contribution in [0.25, 0.3) is 17.5 Å². The van der Waals surface area contributed by atoms with Crippen LogP contribution in [0.4, 0.5) is 5.69 Å². The van der Waals surface area contributed by atoms with E-state index in [-0.39, 0.29) is 26.2 Å². The fourth-order valence-corrected chi connectivity index (χ4v) is 7.13. The highest BCUT2D eigenvalue weighted by Crippen LogP contribution is 2.45. The quantitative estimate of drug-likeness (QED) is 0.253. The molecule has 1 aliphatic heterocycles. The molecule has 0 saturated carbocycles. The van der Waals surface area contributed by atoms with E-state index in [0.29, 0.717) is 51.3 Å². The van der Waals surface area contributed by atoms with E-state index in [1.165, 1.54) is 47.2 Å². The molecule has 1 atom stereocenters. The summed E-state index contributed by atoms with van der Waals surface area (Å²) >= 11 is 1.06. The number of carbonyl (C=O) groups is 1. The van der Waals surface area contributed by atoms with Crippen molar-refractivity contribution in [3.63, 3.8) is 0 Å².